The minimum Gasteiger partial charge on any atom is -0.308 e. The Hall–Kier alpha value is -3.66. The molecular formula is C29H30N2O2. The highest BCUT2D eigenvalue weighted by molar-refractivity contribution is 6.07. The van der Waals surface area contributed by atoms with E-state index in [9.17, 15) is 9.59 Å². The average Bonchev–Trinajstić information content (AvgIpc) is 2.83. The minimum absolute atomic E-state index is 0.195. The van der Waals surface area contributed by atoms with Gasteiger partial charge in [-0.05, 0) is 73.5 Å². The number of hydrogen-bond acceptors (Lipinski definition) is 2. The van der Waals surface area contributed by atoms with Gasteiger partial charge in [0.1, 0.15) is 5.56 Å². The summed E-state index contributed by atoms with van der Waals surface area (Å²) in [6, 6.07) is 23.7. The first kappa shape index (κ1) is 22.5. The summed E-state index contributed by atoms with van der Waals surface area (Å²) in [5.74, 6) is -0.271. The van der Waals surface area contributed by atoms with Crippen LogP contribution in [0.1, 0.15) is 46.5 Å². The number of nitrogens with zero attached hydrogens (tertiary/aromatic N) is 2. The van der Waals surface area contributed by atoms with Crippen LogP contribution >= 0.6 is 0 Å². The maximum Gasteiger partial charge on any atom is 0.264 e. The molecule has 0 saturated heterocycles. The van der Waals surface area contributed by atoms with Crippen molar-refractivity contribution in [1.29, 1.82) is 0 Å². The summed E-state index contributed by atoms with van der Waals surface area (Å²) < 4.78 is 1.73. The number of fused-ring (bicyclic) bond motifs is 1. The SMILES string of the molecule is CCc1ccc(N(CC)C(=O)c2cc3ccccc3n(Cc3cc(C)ccc3C)c2=O)cc1. The first-order valence-electron chi connectivity index (χ1n) is 11.5. The van der Waals surface area contributed by atoms with Crippen LogP contribution < -0.4 is 10.5 Å². The molecule has 1 aromatic heterocycles. The zero-order valence-corrected chi connectivity index (χ0v) is 19.8. The summed E-state index contributed by atoms with van der Waals surface area (Å²) in [6.45, 7) is 9.04. The third-order valence-corrected chi connectivity index (χ3v) is 6.28. The third kappa shape index (κ3) is 4.47. The Morgan fingerprint density at radius 1 is 0.909 bits per heavy atom. The molecule has 0 N–H and O–H groups in total. The van der Waals surface area contributed by atoms with E-state index in [1.165, 1.54) is 5.56 Å². The Kier molecular flexibility index (Phi) is 6.45. The van der Waals surface area contributed by atoms with Gasteiger partial charge < -0.3 is 9.47 Å². The zero-order chi connectivity index (χ0) is 23.5. The van der Waals surface area contributed by atoms with Crippen molar-refractivity contribution in [2.24, 2.45) is 0 Å². The first-order valence-corrected chi connectivity index (χ1v) is 11.5. The Morgan fingerprint density at radius 3 is 2.33 bits per heavy atom. The summed E-state index contributed by atoms with van der Waals surface area (Å²) in [4.78, 5) is 29.0. The number of para-hydroxylation sites is 1. The summed E-state index contributed by atoms with van der Waals surface area (Å²) in [5, 5.41) is 0.878. The lowest BCUT2D eigenvalue weighted by molar-refractivity contribution is 0.0986. The van der Waals surface area contributed by atoms with Crippen LogP contribution in [-0.2, 0) is 13.0 Å². The van der Waals surface area contributed by atoms with Crippen LogP contribution in [0.25, 0.3) is 10.9 Å². The standard InChI is InChI=1S/C29H30N2O2/c1-5-22-13-15-25(16-14-22)30(6-2)28(32)26-18-23-9-7-8-10-27(23)31(29(26)33)19-24-17-20(3)11-12-21(24)4/h7-18H,5-6,19H2,1-4H3. The van der Waals surface area contributed by atoms with Gasteiger partial charge in [-0.25, -0.2) is 0 Å². The number of aromatic nitrogens is 1. The highest BCUT2D eigenvalue weighted by atomic mass is 16.2. The van der Waals surface area contributed by atoms with Crippen molar-refractivity contribution in [3.8, 4) is 0 Å². The molecule has 0 saturated carbocycles. The molecule has 0 aliphatic heterocycles. The molecule has 0 bridgehead atoms. The van der Waals surface area contributed by atoms with E-state index in [2.05, 4.69) is 32.0 Å². The Bertz CT molecular complexity index is 1370. The van der Waals surface area contributed by atoms with Crippen molar-refractivity contribution in [2.75, 3.05) is 11.4 Å². The fraction of sp³-hybridized carbons (Fsp3) is 0.241. The molecule has 0 atom stereocenters. The van der Waals surface area contributed by atoms with Gasteiger partial charge in [-0.3, -0.25) is 9.59 Å². The largest absolute Gasteiger partial charge is 0.308 e. The van der Waals surface area contributed by atoms with Crippen molar-refractivity contribution in [1.82, 2.24) is 4.57 Å². The lowest BCUT2D eigenvalue weighted by atomic mass is 10.0. The molecule has 0 radical (unpaired) electrons. The smallest absolute Gasteiger partial charge is 0.264 e. The van der Waals surface area contributed by atoms with Crippen molar-refractivity contribution in [3.05, 3.63) is 111 Å². The van der Waals surface area contributed by atoms with E-state index in [0.717, 1.165) is 39.7 Å². The maximum absolute atomic E-state index is 13.7. The molecule has 4 aromatic rings. The van der Waals surface area contributed by atoms with Crippen molar-refractivity contribution < 1.29 is 4.79 Å². The molecule has 0 spiro atoms. The molecule has 0 aliphatic carbocycles. The number of carbonyl (C=O) groups excluding carboxylic acids is 1. The number of hydrogen-bond donors (Lipinski definition) is 0. The number of rotatable bonds is 6. The average molecular weight is 439 g/mol. The van der Waals surface area contributed by atoms with E-state index in [0.29, 0.717) is 13.1 Å². The van der Waals surface area contributed by atoms with Gasteiger partial charge in [0.15, 0.2) is 0 Å². The molecule has 4 nitrogen and oxygen atoms in total. The lowest BCUT2D eigenvalue weighted by Gasteiger charge is -2.22. The normalized spacial score (nSPS) is 11.0. The zero-order valence-electron chi connectivity index (χ0n) is 19.8. The van der Waals surface area contributed by atoms with Gasteiger partial charge in [-0.15, -0.1) is 0 Å². The van der Waals surface area contributed by atoms with Gasteiger partial charge in [0.05, 0.1) is 12.1 Å². The van der Waals surface area contributed by atoms with Crippen LogP contribution in [0.15, 0.2) is 77.6 Å². The van der Waals surface area contributed by atoms with E-state index in [1.807, 2.05) is 62.4 Å². The van der Waals surface area contributed by atoms with Crippen LogP contribution in [0.4, 0.5) is 5.69 Å². The predicted octanol–water partition coefficient (Wildman–Crippen LogP) is 5.90. The van der Waals surface area contributed by atoms with Crippen LogP contribution in [0.3, 0.4) is 0 Å². The monoisotopic (exact) mass is 438 g/mol. The molecule has 0 unspecified atom stereocenters. The van der Waals surface area contributed by atoms with Crippen LogP contribution in [0.5, 0.6) is 0 Å². The topological polar surface area (TPSA) is 42.3 Å². The maximum atomic E-state index is 13.7. The molecule has 1 amide bonds. The molecule has 4 heteroatoms. The number of pyridine rings is 1. The molecule has 1 heterocycles. The quantitative estimate of drug-likeness (QED) is 0.376. The Labute approximate surface area is 195 Å². The van der Waals surface area contributed by atoms with Crippen LogP contribution in [0.2, 0.25) is 0 Å². The van der Waals surface area contributed by atoms with Gasteiger partial charge >= 0.3 is 0 Å². The highest BCUT2D eigenvalue weighted by Crippen LogP contribution is 2.21. The first-order chi connectivity index (χ1) is 15.9. The van der Waals surface area contributed by atoms with Crippen molar-refractivity contribution >= 4 is 22.5 Å². The van der Waals surface area contributed by atoms with E-state index in [1.54, 1.807) is 15.5 Å². The molecule has 0 fully saturated rings. The number of amides is 1. The van der Waals surface area contributed by atoms with E-state index in [4.69, 9.17) is 0 Å². The fourth-order valence-electron chi connectivity index (χ4n) is 4.28. The number of aryl methyl sites for hydroxylation is 3. The molecule has 33 heavy (non-hydrogen) atoms. The van der Waals surface area contributed by atoms with Gasteiger partial charge in [0.25, 0.3) is 11.5 Å². The second-order valence-electron chi connectivity index (χ2n) is 8.51. The fourth-order valence-corrected chi connectivity index (χ4v) is 4.28. The molecule has 0 aliphatic rings. The van der Waals surface area contributed by atoms with Crippen molar-refractivity contribution in [2.45, 2.75) is 40.7 Å². The van der Waals surface area contributed by atoms with Gasteiger partial charge in [0, 0.05) is 12.2 Å². The number of carbonyl (C=O) groups is 1. The summed E-state index contributed by atoms with van der Waals surface area (Å²) in [7, 11) is 0. The summed E-state index contributed by atoms with van der Waals surface area (Å²) in [5.41, 5.74) is 6.12. The van der Waals surface area contributed by atoms with Gasteiger partial charge in [-0.2, -0.15) is 0 Å². The second-order valence-corrected chi connectivity index (χ2v) is 8.51. The van der Waals surface area contributed by atoms with E-state index < -0.39 is 0 Å². The molecular weight excluding hydrogens is 408 g/mol. The van der Waals surface area contributed by atoms with E-state index in [-0.39, 0.29) is 17.0 Å². The Morgan fingerprint density at radius 2 is 1.64 bits per heavy atom. The van der Waals surface area contributed by atoms with Gasteiger partial charge in [0.2, 0.25) is 0 Å². The summed E-state index contributed by atoms with van der Waals surface area (Å²) >= 11 is 0. The summed E-state index contributed by atoms with van der Waals surface area (Å²) in [6.07, 6.45) is 0.939. The predicted molar refractivity (Wildman–Crippen MR) is 136 cm³/mol. The third-order valence-electron chi connectivity index (χ3n) is 6.28. The molecule has 168 valence electrons. The number of anilines is 1. The molecule has 3 aromatic carbocycles. The van der Waals surface area contributed by atoms with E-state index >= 15 is 0 Å². The van der Waals surface area contributed by atoms with Crippen molar-refractivity contribution in [3.63, 3.8) is 0 Å². The van der Waals surface area contributed by atoms with Gasteiger partial charge in [-0.1, -0.05) is 61.0 Å². The Balaban J connectivity index is 1.84. The highest BCUT2D eigenvalue weighted by Gasteiger charge is 2.22. The van der Waals surface area contributed by atoms with Crippen LogP contribution in [0, 0.1) is 13.8 Å². The minimum atomic E-state index is -0.271. The second kappa shape index (κ2) is 9.45. The van der Waals surface area contributed by atoms with Crippen LogP contribution in [-0.4, -0.2) is 17.0 Å². The lowest BCUT2D eigenvalue weighted by Crippen LogP contribution is -2.37. The number of benzene rings is 3. The molecule has 4 rings (SSSR count).